The van der Waals surface area contributed by atoms with Gasteiger partial charge in [-0.05, 0) is 179 Å². The van der Waals surface area contributed by atoms with Crippen molar-refractivity contribution in [3.63, 3.8) is 0 Å². The third-order valence-electron chi connectivity index (χ3n) is 8.36. The molecule has 0 spiro atoms. The van der Waals surface area contributed by atoms with Gasteiger partial charge in [-0.3, -0.25) is 0 Å². The van der Waals surface area contributed by atoms with Gasteiger partial charge in [-0.25, -0.2) is 0 Å². The summed E-state index contributed by atoms with van der Waals surface area (Å²) in [6, 6.07) is 0. The van der Waals surface area contributed by atoms with Crippen molar-refractivity contribution in [3.8, 4) is 0 Å². The summed E-state index contributed by atoms with van der Waals surface area (Å²) in [4.78, 5) is 0. The van der Waals surface area contributed by atoms with E-state index in [1.807, 2.05) is 0 Å². The van der Waals surface area contributed by atoms with Crippen LogP contribution < -0.4 is 0 Å². The second-order valence-corrected chi connectivity index (χ2v) is 14.6. The normalized spacial score (nSPS) is 14.4. The minimum Gasteiger partial charge on any atom is -0.0856 e. The lowest BCUT2D eigenvalue weighted by atomic mass is 9.91. The molecule has 0 bridgehead atoms. The molecule has 0 radical (unpaired) electrons. The van der Waals surface area contributed by atoms with Crippen LogP contribution in [0, 0.1) is 5.92 Å². The highest BCUT2D eigenvalue weighted by atomic mass is 14.1. The first-order chi connectivity index (χ1) is 21.3. The molecular weight excluding hydrogens is 540 g/mol. The average molecular weight is 615 g/mol. The molecular formula is C45H74. The lowest BCUT2D eigenvalue weighted by Gasteiger charge is -2.14. The van der Waals surface area contributed by atoms with Crippen LogP contribution >= 0.6 is 0 Å². The number of unbranched alkanes of at least 4 members (excludes halogenated alkanes) is 1. The molecule has 0 heteroatoms. The summed E-state index contributed by atoms with van der Waals surface area (Å²) in [5, 5.41) is 0. The van der Waals surface area contributed by atoms with Gasteiger partial charge in [0.2, 0.25) is 0 Å². The van der Waals surface area contributed by atoms with Gasteiger partial charge in [0, 0.05) is 0 Å². The summed E-state index contributed by atoms with van der Waals surface area (Å²) in [5.74, 6) is 0.571. The Bertz CT molecular complexity index is 1090. The molecule has 0 heterocycles. The minimum absolute atomic E-state index is 0.571. The minimum atomic E-state index is 0.571. The van der Waals surface area contributed by atoms with E-state index in [1.54, 1.807) is 0 Å². The van der Waals surface area contributed by atoms with Crippen LogP contribution in [0.1, 0.15) is 173 Å². The fourth-order valence-corrected chi connectivity index (χ4v) is 5.47. The molecule has 0 N–H and O–H groups in total. The quantitative estimate of drug-likeness (QED) is 0.0793. The first-order valence-corrected chi connectivity index (χ1v) is 18.1. The lowest BCUT2D eigenvalue weighted by Crippen LogP contribution is -1.99. The zero-order valence-corrected chi connectivity index (χ0v) is 32.2. The van der Waals surface area contributed by atoms with Crippen molar-refractivity contribution >= 4 is 0 Å². The van der Waals surface area contributed by atoms with Crippen molar-refractivity contribution in [1.82, 2.24) is 0 Å². The summed E-state index contributed by atoms with van der Waals surface area (Å²) in [7, 11) is 0. The van der Waals surface area contributed by atoms with E-state index in [0.29, 0.717) is 5.92 Å². The third kappa shape index (κ3) is 28.8. The molecule has 0 amide bonds. The number of hydrogen-bond acceptors (Lipinski definition) is 0. The van der Waals surface area contributed by atoms with E-state index >= 15 is 0 Å². The third-order valence-corrected chi connectivity index (χ3v) is 8.36. The van der Waals surface area contributed by atoms with Crippen LogP contribution in [0.5, 0.6) is 0 Å². The van der Waals surface area contributed by atoms with Crippen LogP contribution in [0.25, 0.3) is 0 Å². The molecule has 0 fully saturated rings. The zero-order chi connectivity index (χ0) is 34.0. The molecule has 0 nitrogen and oxygen atoms in total. The Morgan fingerprint density at radius 1 is 0.333 bits per heavy atom. The standard InChI is InChI=1S/C45H74/c1-36(2)20-15-25-39(7)23-13-14-24-43(11)34-45(35-44(12)31-19-29-41(9)27-17-22-38(5)6)33-32-42(10)30-18-28-40(8)26-16-21-37(3)4/h20-24,28-29,32,35,45H,13-19,25-27,30-31,33-34H2,1-12H3/b39-23?,40-28?,41-29?,42-32?,43-24?,44-35+. The molecule has 0 saturated carbocycles. The van der Waals surface area contributed by atoms with Crippen molar-refractivity contribution < 1.29 is 0 Å². The van der Waals surface area contributed by atoms with Gasteiger partial charge in [0.15, 0.2) is 0 Å². The van der Waals surface area contributed by atoms with Gasteiger partial charge in [0.05, 0.1) is 0 Å². The van der Waals surface area contributed by atoms with Crippen LogP contribution in [0.3, 0.4) is 0 Å². The number of hydrogen-bond donors (Lipinski definition) is 0. The predicted molar refractivity (Wildman–Crippen MR) is 209 cm³/mol. The highest BCUT2D eigenvalue weighted by molar-refractivity contribution is 5.13. The summed E-state index contributed by atoms with van der Waals surface area (Å²) in [5.41, 5.74) is 13.4. The van der Waals surface area contributed by atoms with Gasteiger partial charge in [-0.15, -0.1) is 0 Å². The zero-order valence-electron chi connectivity index (χ0n) is 32.2. The van der Waals surface area contributed by atoms with Gasteiger partial charge >= 0.3 is 0 Å². The molecule has 0 aliphatic carbocycles. The largest absolute Gasteiger partial charge is 0.0856 e. The highest BCUT2D eigenvalue weighted by Crippen LogP contribution is 2.23. The molecule has 0 saturated heterocycles. The molecule has 45 heavy (non-hydrogen) atoms. The Morgan fingerprint density at radius 2 is 0.644 bits per heavy atom. The molecule has 0 aromatic rings. The van der Waals surface area contributed by atoms with E-state index in [-0.39, 0.29) is 0 Å². The van der Waals surface area contributed by atoms with E-state index in [9.17, 15) is 0 Å². The molecule has 1 atom stereocenters. The first-order valence-electron chi connectivity index (χ1n) is 18.1. The van der Waals surface area contributed by atoms with Crippen molar-refractivity contribution in [2.75, 3.05) is 0 Å². The maximum atomic E-state index is 2.59. The summed E-state index contributed by atoms with van der Waals surface area (Å²) in [6.45, 7) is 27.0. The van der Waals surface area contributed by atoms with Crippen molar-refractivity contribution in [3.05, 3.63) is 105 Å². The van der Waals surface area contributed by atoms with Crippen molar-refractivity contribution in [2.45, 2.75) is 173 Å². The van der Waals surface area contributed by atoms with Crippen LogP contribution in [-0.4, -0.2) is 0 Å². The topological polar surface area (TPSA) is 0 Å². The van der Waals surface area contributed by atoms with Gasteiger partial charge in [-0.2, -0.15) is 0 Å². The number of allylic oxidation sites excluding steroid dienone is 18. The Labute approximate surface area is 283 Å². The fraction of sp³-hybridized carbons (Fsp3) is 0.600. The van der Waals surface area contributed by atoms with E-state index in [4.69, 9.17) is 0 Å². The van der Waals surface area contributed by atoms with E-state index in [1.165, 1.54) is 75.8 Å². The van der Waals surface area contributed by atoms with E-state index < -0.39 is 0 Å². The SMILES string of the molecule is CC(C)=CCCC(C)=CCCC=C(C)CC(/C=C(\C)CCC=C(C)CCC=C(C)C)CC=C(C)CCC=C(C)CCC=C(C)C. The first kappa shape index (κ1) is 42.7. The molecule has 0 aliphatic rings. The van der Waals surface area contributed by atoms with E-state index in [2.05, 4.69) is 138 Å². The maximum Gasteiger partial charge on any atom is -0.0159 e. The molecule has 1 unspecified atom stereocenters. The van der Waals surface area contributed by atoms with Gasteiger partial charge in [-0.1, -0.05) is 105 Å². The van der Waals surface area contributed by atoms with Gasteiger partial charge < -0.3 is 0 Å². The van der Waals surface area contributed by atoms with Crippen LogP contribution in [0.4, 0.5) is 0 Å². The predicted octanol–water partition coefficient (Wildman–Crippen LogP) is 15.6. The molecule has 0 aliphatic heterocycles. The van der Waals surface area contributed by atoms with Crippen molar-refractivity contribution in [2.24, 2.45) is 5.92 Å². The highest BCUT2D eigenvalue weighted by Gasteiger charge is 2.07. The molecule has 0 aromatic carbocycles. The number of rotatable bonds is 23. The molecule has 254 valence electrons. The summed E-state index contributed by atoms with van der Waals surface area (Å²) < 4.78 is 0. The monoisotopic (exact) mass is 615 g/mol. The smallest absolute Gasteiger partial charge is 0.0159 e. The molecule has 0 rings (SSSR count). The Morgan fingerprint density at radius 3 is 1.04 bits per heavy atom. The Kier molecular flexibility index (Phi) is 25.4. The van der Waals surface area contributed by atoms with Gasteiger partial charge in [0.25, 0.3) is 0 Å². The fourth-order valence-electron chi connectivity index (χ4n) is 5.47. The molecule has 0 aromatic heterocycles. The second kappa shape index (κ2) is 26.8. The van der Waals surface area contributed by atoms with Gasteiger partial charge in [0.1, 0.15) is 0 Å². The summed E-state index contributed by atoms with van der Waals surface area (Å²) >= 11 is 0. The van der Waals surface area contributed by atoms with Crippen LogP contribution in [0.2, 0.25) is 0 Å². The lowest BCUT2D eigenvalue weighted by molar-refractivity contribution is 0.639. The van der Waals surface area contributed by atoms with Crippen LogP contribution in [0.15, 0.2) is 105 Å². The van der Waals surface area contributed by atoms with Crippen LogP contribution in [-0.2, 0) is 0 Å². The Balaban J connectivity index is 5.30. The summed E-state index contributed by atoms with van der Waals surface area (Å²) in [6.07, 6.45) is 38.3. The Hall–Kier alpha value is -2.34. The second-order valence-electron chi connectivity index (χ2n) is 14.6. The average Bonchev–Trinajstić information content (AvgIpc) is 2.93. The van der Waals surface area contributed by atoms with E-state index in [0.717, 1.165) is 64.2 Å². The van der Waals surface area contributed by atoms with Crippen molar-refractivity contribution in [1.29, 1.82) is 0 Å². The maximum absolute atomic E-state index is 2.59.